The quantitative estimate of drug-likeness (QED) is 0.690. The maximum Gasteiger partial charge on any atom is 0.402 e. The molecular formula is C11H13Br2F3N2O2S. The van der Waals surface area contributed by atoms with Gasteiger partial charge in [0.15, 0.2) is 0 Å². The lowest BCUT2D eigenvalue weighted by Crippen LogP contribution is -2.39. The third-order valence-corrected chi connectivity index (χ3v) is 6.17. The Labute approximate surface area is 137 Å². The molecule has 21 heavy (non-hydrogen) atoms. The Morgan fingerprint density at radius 1 is 1.24 bits per heavy atom. The standard InChI is InChI=1S/C11H13Br2F3N2O2S/c1-2-3-18(6-11(14,15)16)21(19,20)10-8(12)4-7(17)5-9(10)13/h4-5H,2-3,6,17H2,1H3. The van der Waals surface area contributed by atoms with Gasteiger partial charge in [0, 0.05) is 21.2 Å². The van der Waals surface area contributed by atoms with Crippen molar-refractivity contribution in [3.8, 4) is 0 Å². The lowest BCUT2D eigenvalue weighted by molar-refractivity contribution is -0.136. The van der Waals surface area contributed by atoms with Crippen LogP contribution in [0.1, 0.15) is 13.3 Å². The molecule has 0 amide bonds. The molecule has 0 aliphatic heterocycles. The lowest BCUT2D eigenvalue weighted by atomic mass is 10.3. The van der Waals surface area contributed by atoms with Crippen LogP contribution in [0, 0.1) is 0 Å². The van der Waals surface area contributed by atoms with Crippen molar-refractivity contribution in [2.24, 2.45) is 0 Å². The van der Waals surface area contributed by atoms with Gasteiger partial charge in [-0.25, -0.2) is 8.42 Å². The normalized spacial score (nSPS) is 12.9. The number of anilines is 1. The molecule has 0 saturated heterocycles. The van der Waals surface area contributed by atoms with Crippen LogP contribution in [0.5, 0.6) is 0 Å². The van der Waals surface area contributed by atoms with Crippen LogP contribution in [0.3, 0.4) is 0 Å². The molecule has 0 spiro atoms. The van der Waals surface area contributed by atoms with Gasteiger partial charge in [0.05, 0.1) is 0 Å². The van der Waals surface area contributed by atoms with Crippen LogP contribution in [-0.4, -0.2) is 32.0 Å². The van der Waals surface area contributed by atoms with Gasteiger partial charge in [-0.2, -0.15) is 17.5 Å². The number of rotatable bonds is 5. The summed E-state index contributed by atoms with van der Waals surface area (Å²) in [6.45, 7) is -0.163. The fourth-order valence-electron chi connectivity index (χ4n) is 1.69. The van der Waals surface area contributed by atoms with Gasteiger partial charge in [-0.1, -0.05) is 6.92 Å². The summed E-state index contributed by atoms with van der Waals surface area (Å²) in [6, 6.07) is 2.66. The smallest absolute Gasteiger partial charge is 0.399 e. The molecule has 0 aliphatic carbocycles. The zero-order valence-corrected chi connectivity index (χ0v) is 14.9. The Kier molecular flexibility index (Phi) is 6.10. The van der Waals surface area contributed by atoms with Crippen LogP contribution in [0.2, 0.25) is 0 Å². The fraction of sp³-hybridized carbons (Fsp3) is 0.455. The highest BCUT2D eigenvalue weighted by molar-refractivity contribution is 9.11. The first-order valence-electron chi connectivity index (χ1n) is 5.80. The fourth-order valence-corrected chi connectivity index (χ4v) is 5.75. The molecule has 0 unspecified atom stereocenters. The molecule has 4 nitrogen and oxygen atoms in total. The highest BCUT2D eigenvalue weighted by Gasteiger charge is 2.38. The van der Waals surface area contributed by atoms with E-state index in [1.54, 1.807) is 6.92 Å². The molecule has 0 aromatic heterocycles. The number of benzene rings is 1. The summed E-state index contributed by atoms with van der Waals surface area (Å²) in [5, 5.41) is 0. The summed E-state index contributed by atoms with van der Waals surface area (Å²) in [5.74, 6) is 0. The highest BCUT2D eigenvalue weighted by Crippen LogP contribution is 2.35. The number of hydrogen-bond acceptors (Lipinski definition) is 3. The number of nitrogens with zero attached hydrogens (tertiary/aromatic N) is 1. The molecule has 0 saturated carbocycles. The van der Waals surface area contributed by atoms with Crippen LogP contribution >= 0.6 is 31.9 Å². The van der Waals surface area contributed by atoms with Crippen molar-refractivity contribution in [3.63, 3.8) is 0 Å². The Morgan fingerprint density at radius 3 is 2.10 bits per heavy atom. The van der Waals surface area contributed by atoms with Crippen molar-refractivity contribution >= 4 is 47.6 Å². The number of halogens is 5. The predicted molar refractivity (Wildman–Crippen MR) is 81.4 cm³/mol. The van der Waals surface area contributed by atoms with E-state index in [-0.39, 0.29) is 32.5 Å². The first-order chi connectivity index (χ1) is 9.49. The zero-order valence-electron chi connectivity index (χ0n) is 10.9. The zero-order chi connectivity index (χ0) is 16.4. The van der Waals surface area contributed by atoms with E-state index < -0.39 is 22.7 Å². The molecule has 0 bridgehead atoms. The molecule has 0 heterocycles. The molecule has 2 N–H and O–H groups in total. The molecule has 1 rings (SSSR count). The average molecular weight is 454 g/mol. The maximum atomic E-state index is 12.6. The minimum absolute atomic E-state index is 0.109. The Hall–Kier alpha value is -0.320. The van der Waals surface area contributed by atoms with E-state index in [2.05, 4.69) is 31.9 Å². The van der Waals surface area contributed by atoms with Crippen LogP contribution in [0.25, 0.3) is 0 Å². The molecule has 10 heteroatoms. The third kappa shape index (κ3) is 4.83. The van der Waals surface area contributed by atoms with Gasteiger partial charge in [0.1, 0.15) is 11.4 Å². The number of hydrogen-bond donors (Lipinski definition) is 1. The first-order valence-corrected chi connectivity index (χ1v) is 8.83. The number of sulfonamides is 1. The number of nitrogen functional groups attached to an aromatic ring is 1. The van der Waals surface area contributed by atoms with E-state index in [0.29, 0.717) is 4.31 Å². The van der Waals surface area contributed by atoms with E-state index in [1.807, 2.05) is 0 Å². The van der Waals surface area contributed by atoms with Crippen LogP contribution in [-0.2, 0) is 10.0 Å². The second kappa shape index (κ2) is 6.84. The summed E-state index contributed by atoms with van der Waals surface area (Å²) >= 11 is 6.07. The monoisotopic (exact) mass is 452 g/mol. The van der Waals surface area contributed by atoms with Gasteiger partial charge < -0.3 is 5.73 Å². The van der Waals surface area contributed by atoms with Crippen LogP contribution in [0.4, 0.5) is 18.9 Å². The Bertz CT molecular complexity index is 597. The minimum Gasteiger partial charge on any atom is -0.399 e. The van der Waals surface area contributed by atoms with Crippen molar-refractivity contribution < 1.29 is 21.6 Å². The van der Waals surface area contributed by atoms with E-state index in [0.717, 1.165) is 0 Å². The molecule has 0 fully saturated rings. The summed E-state index contributed by atoms with van der Waals surface area (Å²) in [5.41, 5.74) is 5.84. The topological polar surface area (TPSA) is 63.4 Å². The molecule has 1 aromatic rings. The predicted octanol–water partition coefficient (Wildman–Crippen LogP) is 3.76. The second-order valence-corrected chi connectivity index (χ2v) is 7.85. The van der Waals surface area contributed by atoms with Gasteiger partial charge in [-0.05, 0) is 50.4 Å². The molecule has 1 aromatic carbocycles. The van der Waals surface area contributed by atoms with E-state index >= 15 is 0 Å². The molecule has 0 aliphatic rings. The van der Waals surface area contributed by atoms with Gasteiger partial charge in [0.2, 0.25) is 10.0 Å². The largest absolute Gasteiger partial charge is 0.402 e. The van der Waals surface area contributed by atoms with Crippen LogP contribution in [0.15, 0.2) is 26.0 Å². The summed E-state index contributed by atoms with van der Waals surface area (Å²) in [4.78, 5) is -0.269. The van der Waals surface area contributed by atoms with Crippen molar-refractivity contribution in [1.29, 1.82) is 0 Å². The minimum atomic E-state index is -4.62. The molecular weight excluding hydrogens is 441 g/mol. The molecule has 120 valence electrons. The summed E-state index contributed by atoms with van der Waals surface area (Å²) in [6.07, 6.45) is -4.35. The number of nitrogens with two attached hydrogens (primary N) is 1. The third-order valence-electron chi connectivity index (χ3n) is 2.45. The average Bonchev–Trinajstić information content (AvgIpc) is 2.24. The van der Waals surface area contributed by atoms with Gasteiger partial charge in [0.25, 0.3) is 0 Å². The maximum absolute atomic E-state index is 12.6. The molecule has 0 atom stereocenters. The Balaban J connectivity index is 3.36. The SMILES string of the molecule is CCCN(CC(F)(F)F)S(=O)(=O)c1c(Br)cc(N)cc1Br. The highest BCUT2D eigenvalue weighted by atomic mass is 79.9. The van der Waals surface area contributed by atoms with Crippen LogP contribution < -0.4 is 5.73 Å². The van der Waals surface area contributed by atoms with Crippen molar-refractivity contribution in [2.75, 3.05) is 18.8 Å². The molecule has 0 radical (unpaired) electrons. The van der Waals surface area contributed by atoms with E-state index in [9.17, 15) is 21.6 Å². The number of alkyl halides is 3. The second-order valence-electron chi connectivity index (χ2n) is 4.27. The van der Waals surface area contributed by atoms with Gasteiger partial charge in [-0.3, -0.25) is 0 Å². The first kappa shape index (κ1) is 18.7. The van der Waals surface area contributed by atoms with Crippen molar-refractivity contribution in [1.82, 2.24) is 4.31 Å². The summed E-state index contributed by atoms with van der Waals surface area (Å²) in [7, 11) is -4.31. The van der Waals surface area contributed by atoms with Crippen molar-refractivity contribution in [3.05, 3.63) is 21.1 Å². The van der Waals surface area contributed by atoms with E-state index in [4.69, 9.17) is 5.73 Å². The Morgan fingerprint density at radius 2 is 1.71 bits per heavy atom. The van der Waals surface area contributed by atoms with E-state index in [1.165, 1.54) is 12.1 Å². The van der Waals surface area contributed by atoms with Crippen molar-refractivity contribution in [2.45, 2.75) is 24.4 Å². The lowest BCUT2D eigenvalue weighted by Gasteiger charge is -2.24. The summed E-state index contributed by atoms with van der Waals surface area (Å²) < 4.78 is 63.4. The van der Waals surface area contributed by atoms with Gasteiger partial charge >= 0.3 is 6.18 Å². The van der Waals surface area contributed by atoms with Gasteiger partial charge in [-0.15, -0.1) is 0 Å².